The monoisotopic (exact) mass is 705 g/mol. The molecule has 5 aromatic rings. The molecule has 11 nitrogen and oxygen atoms in total. The molecule has 0 unspecified atom stereocenters. The number of likely N-dealkylation sites (tertiary alicyclic amines) is 2. The van der Waals surface area contributed by atoms with Gasteiger partial charge >= 0.3 is 0 Å². The second-order valence-electron chi connectivity index (χ2n) is 15.0. The smallest absolute Gasteiger partial charge is 0.246 e. The molecule has 0 bridgehead atoms. The Morgan fingerprint density at radius 3 is 2.67 bits per heavy atom. The number of benzene rings is 2. The third-order valence-electron chi connectivity index (χ3n) is 11.2. The lowest BCUT2D eigenvalue weighted by molar-refractivity contribution is -0.130. The number of hydrogen-bond donors (Lipinski definition) is 1. The molecule has 4 atom stereocenters. The van der Waals surface area contributed by atoms with Crippen molar-refractivity contribution in [2.45, 2.75) is 84.0 Å². The second-order valence-corrected chi connectivity index (χ2v) is 15.0. The summed E-state index contributed by atoms with van der Waals surface area (Å²) in [6.45, 7) is 10.2. The maximum atomic E-state index is 17.4. The van der Waals surface area contributed by atoms with Crippen LogP contribution in [0.4, 0.5) is 4.39 Å². The number of piperidine rings is 1. The van der Waals surface area contributed by atoms with E-state index in [4.69, 9.17) is 14.8 Å². The minimum absolute atomic E-state index is 0.0922. The maximum absolute atomic E-state index is 17.4. The largest absolute Gasteiger partial charge is 0.472 e. The van der Waals surface area contributed by atoms with Gasteiger partial charge in [-0.05, 0) is 115 Å². The number of fused-ring (bicyclic) bond motifs is 4. The van der Waals surface area contributed by atoms with Gasteiger partial charge in [0.2, 0.25) is 11.8 Å². The summed E-state index contributed by atoms with van der Waals surface area (Å²) >= 11 is 0. The summed E-state index contributed by atoms with van der Waals surface area (Å²) < 4.78 is 26.1. The van der Waals surface area contributed by atoms with E-state index in [1.165, 1.54) is 0 Å². The number of rotatable bonds is 9. The number of amides is 1. The molecule has 272 valence electrons. The van der Waals surface area contributed by atoms with E-state index >= 15 is 4.39 Å². The van der Waals surface area contributed by atoms with Crippen molar-refractivity contribution in [1.29, 1.82) is 5.26 Å². The van der Waals surface area contributed by atoms with E-state index in [2.05, 4.69) is 35.1 Å². The molecule has 0 saturated carbocycles. The van der Waals surface area contributed by atoms with Gasteiger partial charge in [0.15, 0.2) is 5.82 Å². The molecule has 0 spiro atoms. The molecule has 2 fully saturated rings. The molecule has 5 heterocycles. The van der Waals surface area contributed by atoms with E-state index in [0.29, 0.717) is 42.8 Å². The zero-order valence-corrected chi connectivity index (χ0v) is 31.2. The first-order chi connectivity index (χ1) is 25.0. The zero-order chi connectivity index (χ0) is 36.8. The number of aryl methyl sites for hydroxylation is 2. The lowest BCUT2D eigenvalue weighted by Crippen LogP contribution is -2.46. The summed E-state index contributed by atoms with van der Waals surface area (Å²) in [5, 5.41) is 24.3. The van der Waals surface area contributed by atoms with Crippen LogP contribution >= 0.6 is 0 Å². The number of H-pyrrole nitrogens is 1. The number of aromatic nitrogens is 5. The van der Waals surface area contributed by atoms with Gasteiger partial charge in [-0.2, -0.15) is 15.5 Å². The Labute approximate surface area is 304 Å². The van der Waals surface area contributed by atoms with Crippen LogP contribution in [0.2, 0.25) is 0 Å². The van der Waals surface area contributed by atoms with Crippen LogP contribution in [0.5, 0.6) is 5.88 Å². The summed E-state index contributed by atoms with van der Waals surface area (Å²) in [6, 6.07) is 6.16. The number of nitrogens with zero attached hydrogens (tertiary/aromatic N) is 8. The average Bonchev–Trinajstić information content (AvgIpc) is 3.87. The molecule has 2 aliphatic rings. The van der Waals surface area contributed by atoms with Crippen LogP contribution in [0.15, 0.2) is 36.7 Å². The minimum Gasteiger partial charge on any atom is -0.472 e. The fourth-order valence-electron chi connectivity index (χ4n) is 8.42. The van der Waals surface area contributed by atoms with Crippen LogP contribution in [-0.4, -0.2) is 105 Å². The van der Waals surface area contributed by atoms with Gasteiger partial charge in [-0.15, -0.1) is 0 Å². The van der Waals surface area contributed by atoms with Gasteiger partial charge in [-0.25, -0.2) is 9.37 Å². The maximum Gasteiger partial charge on any atom is 0.246 e. The van der Waals surface area contributed by atoms with E-state index in [-0.39, 0.29) is 42.1 Å². The van der Waals surface area contributed by atoms with Gasteiger partial charge in [0.25, 0.3) is 0 Å². The molecule has 2 saturated heterocycles. The zero-order valence-electron chi connectivity index (χ0n) is 31.2. The highest BCUT2D eigenvalue weighted by Gasteiger charge is 2.35. The number of carbonyl (C=O) groups excluding carboxylic acids is 1. The molecule has 7 rings (SSSR count). The van der Waals surface area contributed by atoms with Gasteiger partial charge < -0.3 is 14.5 Å². The lowest BCUT2D eigenvalue weighted by atomic mass is 9.89. The lowest BCUT2D eigenvalue weighted by Gasteiger charge is -2.38. The Morgan fingerprint density at radius 1 is 1.13 bits per heavy atom. The fourth-order valence-corrected chi connectivity index (χ4v) is 8.42. The number of halogens is 1. The van der Waals surface area contributed by atoms with Crippen LogP contribution in [0.1, 0.15) is 61.8 Å². The number of ether oxygens (including phenoxy) is 1. The van der Waals surface area contributed by atoms with Gasteiger partial charge in [-0.1, -0.05) is 6.08 Å². The highest BCUT2D eigenvalue weighted by molar-refractivity contribution is 6.09. The molecule has 1 amide bonds. The Balaban J connectivity index is 1.37. The van der Waals surface area contributed by atoms with Crippen molar-refractivity contribution in [3.63, 3.8) is 0 Å². The predicted molar refractivity (Wildman–Crippen MR) is 202 cm³/mol. The molecule has 52 heavy (non-hydrogen) atoms. The van der Waals surface area contributed by atoms with Crippen LogP contribution in [0.25, 0.3) is 43.8 Å². The number of likely N-dealkylation sites (N-methyl/N-ethyl adjacent to an activating group) is 2. The molecule has 0 radical (unpaired) electrons. The van der Waals surface area contributed by atoms with Crippen molar-refractivity contribution in [2.24, 2.45) is 0 Å². The first kappa shape index (κ1) is 35.5. The average molecular weight is 706 g/mol. The van der Waals surface area contributed by atoms with Crippen molar-refractivity contribution < 1.29 is 13.9 Å². The molecule has 2 aromatic carbocycles. The molecule has 12 heteroatoms. The van der Waals surface area contributed by atoms with Crippen molar-refractivity contribution in [2.75, 3.05) is 40.8 Å². The predicted octanol–water partition coefficient (Wildman–Crippen LogP) is 6.62. The molecular formula is C40H48FN9O2. The van der Waals surface area contributed by atoms with E-state index in [0.717, 1.165) is 63.4 Å². The Morgan fingerprint density at radius 2 is 1.94 bits per heavy atom. The van der Waals surface area contributed by atoms with Gasteiger partial charge in [0, 0.05) is 47.6 Å². The molecule has 1 N–H and O–H groups in total. The third-order valence-corrected chi connectivity index (χ3v) is 11.2. The standard InChI is InChI=1S/C40H48FN9O2/c1-23-19-32-30(21-43-46-32)36(25(23)3)35-24(2)18-29-38(37(35)41)45-40(52-26(4)33-10-8-16-48(33)7)31-22-44-50(39(29)31)28-13-17-49(27(20-28)12-14-42)34(51)11-9-15-47(5)6/h9,11,18-19,21-22,26-28,33H,8,10,12-13,15-17,20H2,1-7H3,(H,43,46)/b11-9+/t26-,27+,28-,33-/m0/s1. The van der Waals surface area contributed by atoms with Crippen LogP contribution in [0.3, 0.4) is 0 Å². The minimum atomic E-state index is -0.413. The second kappa shape index (κ2) is 14.3. The summed E-state index contributed by atoms with van der Waals surface area (Å²) in [7, 11) is 6.01. The molecule has 0 aliphatic carbocycles. The SMILES string of the molecule is Cc1cc2[nH]ncc2c(-c2c(C)cc3c(nc(O[C@@H](C)[C@@H]4CCCN4C)c4cnn([C@H]5CCN(C(=O)/C=C/CN(C)C)[C@H](CC#N)C5)c43)c2F)c1C. The highest BCUT2D eigenvalue weighted by Crippen LogP contribution is 2.43. The molecule has 2 aliphatic heterocycles. The topological polar surface area (TPSA) is 119 Å². The Kier molecular flexibility index (Phi) is 9.76. The van der Waals surface area contributed by atoms with E-state index in [9.17, 15) is 10.1 Å². The third kappa shape index (κ3) is 6.30. The van der Waals surface area contributed by atoms with E-state index < -0.39 is 5.82 Å². The van der Waals surface area contributed by atoms with Crippen LogP contribution in [-0.2, 0) is 4.79 Å². The number of nitriles is 1. The van der Waals surface area contributed by atoms with E-state index in [1.807, 2.05) is 67.6 Å². The van der Waals surface area contributed by atoms with Crippen LogP contribution < -0.4 is 4.74 Å². The van der Waals surface area contributed by atoms with Crippen molar-refractivity contribution in [1.82, 2.24) is 39.7 Å². The number of carbonyl (C=O) groups is 1. The fraction of sp³-hybridized carbons (Fsp3) is 0.475. The number of hydrogen-bond acceptors (Lipinski definition) is 8. The van der Waals surface area contributed by atoms with Gasteiger partial charge in [0.05, 0.1) is 47.3 Å². The first-order valence-electron chi connectivity index (χ1n) is 18.3. The molecular weight excluding hydrogens is 657 g/mol. The van der Waals surface area contributed by atoms with Gasteiger partial charge in [-0.3, -0.25) is 19.5 Å². The van der Waals surface area contributed by atoms with Gasteiger partial charge in [0.1, 0.15) is 11.6 Å². The summed E-state index contributed by atoms with van der Waals surface area (Å²) in [5.74, 6) is -0.147. The first-order valence-corrected chi connectivity index (χ1v) is 18.3. The summed E-state index contributed by atoms with van der Waals surface area (Å²) in [5.41, 5.74) is 5.92. The number of aromatic amines is 1. The Hall–Kier alpha value is -4.86. The highest BCUT2D eigenvalue weighted by atomic mass is 19.1. The summed E-state index contributed by atoms with van der Waals surface area (Å²) in [4.78, 5) is 24.3. The van der Waals surface area contributed by atoms with Crippen molar-refractivity contribution >= 4 is 38.6 Å². The van der Waals surface area contributed by atoms with Crippen molar-refractivity contribution in [3.8, 4) is 23.1 Å². The van der Waals surface area contributed by atoms with Crippen LogP contribution in [0, 0.1) is 37.9 Å². The molecule has 3 aromatic heterocycles. The number of nitrogens with one attached hydrogen (secondary N) is 1. The van der Waals surface area contributed by atoms with Crippen molar-refractivity contribution in [3.05, 3.63) is 59.2 Å². The number of pyridine rings is 1. The normalized spacial score (nSPS) is 20.5. The van der Waals surface area contributed by atoms with E-state index in [1.54, 1.807) is 18.5 Å². The summed E-state index contributed by atoms with van der Waals surface area (Å²) in [6.07, 6.45) is 10.3. The quantitative estimate of drug-likeness (QED) is 0.170. The Bertz CT molecular complexity index is 2230.